The van der Waals surface area contributed by atoms with Gasteiger partial charge in [0.25, 0.3) is 0 Å². The van der Waals surface area contributed by atoms with Crippen LogP contribution in [0.5, 0.6) is 11.5 Å². The summed E-state index contributed by atoms with van der Waals surface area (Å²) in [7, 11) is -1.61. The van der Waals surface area contributed by atoms with Gasteiger partial charge in [0, 0.05) is 22.3 Å². The van der Waals surface area contributed by atoms with Crippen LogP contribution in [0.15, 0.2) is 182 Å². The first-order valence-corrected chi connectivity index (χ1v) is 22.2. The summed E-state index contributed by atoms with van der Waals surface area (Å²) in [5.74, 6) is -0.140. The zero-order chi connectivity index (χ0) is 45.5. The van der Waals surface area contributed by atoms with Gasteiger partial charge in [0.2, 0.25) is 0 Å². The molecule has 0 aromatic heterocycles. The van der Waals surface area contributed by atoms with Crippen molar-refractivity contribution in [2.75, 3.05) is 14.1 Å². The Balaban J connectivity index is 0.000000712. The maximum Gasteiger partial charge on any atom is 3.00 e. The molecule has 0 radical (unpaired) electrons. The monoisotopic (exact) mass is 926 g/mol. The molecule has 8 aromatic carbocycles. The van der Waals surface area contributed by atoms with Gasteiger partial charge in [0.05, 0.1) is 14.1 Å². The van der Waals surface area contributed by atoms with E-state index in [4.69, 9.17) is 13.0 Å². The van der Waals surface area contributed by atoms with Crippen molar-refractivity contribution in [3.63, 3.8) is 0 Å². The van der Waals surface area contributed by atoms with E-state index in [0.29, 0.717) is 33.2 Å². The third-order valence-corrected chi connectivity index (χ3v) is 12.0. The van der Waals surface area contributed by atoms with Crippen molar-refractivity contribution in [1.29, 1.82) is 0 Å². The molecule has 0 aliphatic carbocycles. The van der Waals surface area contributed by atoms with Gasteiger partial charge in [0.1, 0.15) is 39.3 Å². The van der Waals surface area contributed by atoms with Gasteiger partial charge < -0.3 is 23.7 Å². The van der Waals surface area contributed by atoms with Crippen LogP contribution < -0.4 is 10.2 Å². The smallest absolute Gasteiger partial charge is 0.872 e. The molecule has 0 unspecified atom stereocenters. The number of quaternary nitrogens is 2. The molecule has 0 atom stereocenters. The van der Waals surface area contributed by atoms with Crippen molar-refractivity contribution in [3.05, 3.63) is 215 Å². The predicted molar refractivity (Wildman–Crippen MR) is 242 cm³/mol. The summed E-state index contributed by atoms with van der Waals surface area (Å²) in [5, 5.41) is 34.1. The summed E-state index contributed by atoms with van der Waals surface area (Å²) < 4.78 is 60.1. The third-order valence-electron chi connectivity index (χ3n) is 11.4. The molecular formula is C53H48F3N2O5SSc+2. The Labute approximate surface area is 397 Å². The average Bonchev–Trinajstić information content (AvgIpc) is 3.25. The van der Waals surface area contributed by atoms with Gasteiger partial charge in [-0.1, -0.05) is 181 Å². The number of rotatable bonds is 13. The Bertz CT molecular complexity index is 2690. The molecule has 0 fully saturated rings. The molecule has 0 aliphatic rings. The van der Waals surface area contributed by atoms with Crippen molar-refractivity contribution in [1.82, 2.24) is 0 Å². The number of hydrogen-bond acceptors (Lipinski definition) is 5. The van der Waals surface area contributed by atoms with Crippen molar-refractivity contribution >= 4 is 31.7 Å². The van der Waals surface area contributed by atoms with E-state index in [2.05, 4.69) is 135 Å². The zero-order valence-electron chi connectivity index (χ0n) is 36.1. The number of alkyl halides is 3. The second-order valence-electron chi connectivity index (χ2n) is 17.0. The first kappa shape index (κ1) is 48.8. The Morgan fingerprint density at radius 1 is 0.446 bits per heavy atom. The summed E-state index contributed by atoms with van der Waals surface area (Å²) in [5.41, 5.74) is 1.66. The normalized spacial score (nSPS) is 12.0. The molecule has 0 saturated heterocycles. The Morgan fingerprint density at radius 3 is 0.954 bits per heavy atom. The van der Waals surface area contributed by atoms with E-state index in [1.54, 1.807) is 0 Å². The van der Waals surface area contributed by atoms with Crippen molar-refractivity contribution < 1.29 is 71.2 Å². The molecular weight excluding hydrogens is 879 g/mol. The zero-order valence-corrected chi connectivity index (χ0v) is 38.7. The topological polar surface area (TPSA) is 103 Å². The maximum absolute atomic E-state index is 15.3. The van der Waals surface area contributed by atoms with Crippen molar-refractivity contribution in [2.24, 2.45) is 0 Å². The van der Waals surface area contributed by atoms with Gasteiger partial charge in [-0.05, 0) is 55.9 Å². The van der Waals surface area contributed by atoms with Crippen LogP contribution in [0.1, 0.15) is 33.4 Å². The minimum absolute atomic E-state index is 0. The molecule has 0 bridgehead atoms. The molecule has 0 N–H and O–H groups in total. The van der Waals surface area contributed by atoms with E-state index in [1.807, 2.05) is 60.7 Å². The first-order valence-electron chi connectivity index (χ1n) is 20.8. The minimum atomic E-state index is -6.09. The number of hydrogen-bond donors (Lipinski definition) is 0. The SMILES string of the molecule is C[N+](Cc1ccccc1)(Cc1ccccc1)Cc1cc2ccccc2c(-c2c([O-])c(C[N+](C)(Cc3ccccc3)Cc3ccccc3)cc3ccccc23)c1[O-].O=S(=O)([O-])C(F)(F)F.[Sc+3]. The van der Waals surface area contributed by atoms with Crippen LogP contribution in [0.4, 0.5) is 13.2 Å². The van der Waals surface area contributed by atoms with E-state index in [9.17, 15) is 13.2 Å². The van der Waals surface area contributed by atoms with Crippen LogP contribution in [0.3, 0.4) is 0 Å². The predicted octanol–water partition coefficient (Wildman–Crippen LogP) is 10.6. The van der Waals surface area contributed by atoms with E-state index in [1.165, 1.54) is 22.3 Å². The van der Waals surface area contributed by atoms with Crippen LogP contribution >= 0.6 is 0 Å². The van der Waals surface area contributed by atoms with Crippen molar-refractivity contribution in [3.8, 4) is 22.6 Å². The average molecular weight is 927 g/mol. The van der Waals surface area contributed by atoms with Crippen LogP contribution in [0.2, 0.25) is 0 Å². The molecule has 7 nitrogen and oxygen atoms in total. The van der Waals surface area contributed by atoms with Crippen LogP contribution in [0.25, 0.3) is 32.7 Å². The second kappa shape index (κ2) is 20.7. The fourth-order valence-electron chi connectivity index (χ4n) is 8.76. The van der Waals surface area contributed by atoms with Gasteiger partial charge >= 0.3 is 31.4 Å². The fraction of sp³-hybridized carbons (Fsp3) is 0.170. The molecule has 0 saturated carbocycles. The summed E-state index contributed by atoms with van der Waals surface area (Å²) in [6.45, 7) is 4.03. The summed E-state index contributed by atoms with van der Waals surface area (Å²) in [6, 6.07) is 62.3. The molecule has 8 rings (SSSR count). The third kappa shape index (κ3) is 12.2. The Hall–Kier alpha value is -5.63. The molecule has 328 valence electrons. The van der Waals surface area contributed by atoms with E-state index >= 15 is 10.2 Å². The van der Waals surface area contributed by atoms with Gasteiger partial charge in [0.15, 0.2) is 10.1 Å². The number of nitrogens with zero attached hydrogens (tertiary/aromatic N) is 2. The van der Waals surface area contributed by atoms with Gasteiger partial charge in [-0.15, -0.1) is 0 Å². The molecule has 8 aromatic rings. The van der Waals surface area contributed by atoms with Crippen LogP contribution in [-0.4, -0.2) is 41.5 Å². The number of fused-ring (bicyclic) bond motifs is 2. The van der Waals surface area contributed by atoms with E-state index < -0.39 is 15.6 Å². The van der Waals surface area contributed by atoms with Crippen molar-refractivity contribution in [2.45, 2.75) is 44.8 Å². The summed E-state index contributed by atoms with van der Waals surface area (Å²) in [4.78, 5) is 0. The minimum Gasteiger partial charge on any atom is -0.872 e. The second-order valence-corrected chi connectivity index (χ2v) is 18.3. The Morgan fingerprint density at radius 2 is 0.692 bits per heavy atom. The quantitative estimate of drug-likeness (QED) is 0.0651. The fourth-order valence-corrected chi connectivity index (χ4v) is 8.76. The molecule has 65 heavy (non-hydrogen) atoms. The molecule has 0 heterocycles. The van der Waals surface area contributed by atoms with E-state index in [0.717, 1.165) is 58.9 Å². The maximum atomic E-state index is 15.3. The molecule has 0 spiro atoms. The molecule has 0 amide bonds. The van der Waals surface area contributed by atoms with Gasteiger partial charge in [-0.25, -0.2) is 8.42 Å². The number of benzene rings is 8. The number of halogens is 3. The molecule has 0 aliphatic heterocycles. The van der Waals surface area contributed by atoms with Gasteiger partial charge in [-0.3, -0.25) is 0 Å². The van der Waals surface area contributed by atoms with Crippen LogP contribution in [0, 0.1) is 0 Å². The van der Waals surface area contributed by atoms with E-state index in [-0.39, 0.29) is 37.3 Å². The van der Waals surface area contributed by atoms with Gasteiger partial charge in [-0.2, -0.15) is 13.2 Å². The summed E-state index contributed by atoms with van der Waals surface area (Å²) >= 11 is 0. The standard InChI is InChI=1S/C52H48N2O2.CHF3O3S.Sc/c1-53(33-39-19-7-3-8-20-39,34-40-21-9-4-10-22-40)37-45-31-43-27-15-17-29-47(43)49(51(45)55)50-48-30-18-16-28-44(48)32-46(52(50)56)38-54(2,35-41-23-11-5-12-24-41)36-42-25-13-6-14-26-42;2-1(3,4)8(5,6)7;/h3-32H,33-38H2,1-2H3;(H,5,6,7);/q;;+3/p-1. The summed E-state index contributed by atoms with van der Waals surface area (Å²) in [6.07, 6.45) is 0. The molecule has 12 heteroatoms. The van der Waals surface area contributed by atoms with Crippen LogP contribution in [-0.2, 0) is 75.2 Å². The first-order chi connectivity index (χ1) is 30.5. The largest absolute Gasteiger partial charge is 3.00 e. The Kier molecular flexibility index (Phi) is 15.5.